The molecular formula is C39H34N2O2. The molecule has 0 fully saturated rings. The Morgan fingerprint density at radius 2 is 0.698 bits per heavy atom. The van der Waals surface area contributed by atoms with Crippen molar-refractivity contribution in [3.8, 4) is 0 Å². The molecule has 4 aromatic carbocycles. The van der Waals surface area contributed by atoms with Gasteiger partial charge in [-0.3, -0.25) is 0 Å². The van der Waals surface area contributed by atoms with Gasteiger partial charge < -0.3 is 9.47 Å². The van der Waals surface area contributed by atoms with Crippen LogP contribution in [-0.4, -0.2) is 36.1 Å². The van der Waals surface area contributed by atoms with Crippen LogP contribution >= 0.6 is 0 Å². The van der Waals surface area contributed by atoms with Crippen molar-refractivity contribution in [2.75, 3.05) is 0 Å². The smallest absolute Gasteiger partial charge is 0.193 e. The summed E-state index contributed by atoms with van der Waals surface area (Å²) in [7, 11) is 0. The minimum Gasteiger partial charge on any atom is -0.474 e. The molecule has 6 aliphatic carbocycles. The van der Waals surface area contributed by atoms with Gasteiger partial charge in [-0.2, -0.15) is 0 Å². The summed E-state index contributed by atoms with van der Waals surface area (Å²) in [5, 5.41) is 0. The molecule has 0 amide bonds. The molecule has 0 N–H and O–H groups in total. The first-order valence-corrected chi connectivity index (χ1v) is 15.7. The van der Waals surface area contributed by atoms with E-state index in [1.165, 1.54) is 44.5 Å². The maximum atomic E-state index is 6.93. The third-order valence-corrected chi connectivity index (χ3v) is 12.5. The number of hydrogen-bond acceptors (Lipinski definition) is 4. The van der Waals surface area contributed by atoms with Gasteiger partial charge in [0, 0.05) is 10.8 Å². The van der Waals surface area contributed by atoms with Crippen molar-refractivity contribution in [1.29, 1.82) is 0 Å². The van der Waals surface area contributed by atoms with E-state index in [9.17, 15) is 0 Å². The number of ether oxygens (including phenoxy) is 2. The first-order chi connectivity index (χ1) is 20.8. The molecule has 4 bridgehead atoms. The predicted molar refractivity (Wildman–Crippen MR) is 168 cm³/mol. The average molecular weight is 563 g/mol. The Bertz CT molecular complexity index is 1730. The van der Waals surface area contributed by atoms with Gasteiger partial charge in [0.1, 0.15) is 24.3 Å². The molecule has 2 heterocycles. The Labute approximate surface area is 252 Å². The summed E-state index contributed by atoms with van der Waals surface area (Å²) in [4.78, 5) is 10.8. The van der Waals surface area contributed by atoms with Crippen molar-refractivity contribution >= 4 is 11.8 Å². The normalized spacial score (nSPS) is 38.0. The van der Waals surface area contributed by atoms with Crippen molar-refractivity contribution in [3.05, 3.63) is 142 Å². The van der Waals surface area contributed by atoms with Crippen LogP contribution < -0.4 is 0 Å². The molecule has 0 aromatic heterocycles. The van der Waals surface area contributed by atoms with Gasteiger partial charge in [-0.1, -0.05) is 97.1 Å². The van der Waals surface area contributed by atoms with Crippen LogP contribution in [0.3, 0.4) is 0 Å². The standard InChI is InChI=1S/C39H34N2O2/c1-36-22-13-5-9-17-26(22)38(3,27-18-10-6-14-23(27)36)34-32(36)40-30(42-34)21-31-41-33-35(43-31)39(4)28-19-11-7-15-24(28)37(33,2)25-16-8-12-20-29(25)39/h5-20,32-35H,21H2,1-4H3/t32-,33-,34+,35+,36?,37?,38?,39?/m1/s1. The fourth-order valence-electron chi connectivity index (χ4n) is 10.3. The van der Waals surface area contributed by atoms with Gasteiger partial charge in [-0.25, -0.2) is 9.98 Å². The maximum Gasteiger partial charge on any atom is 0.193 e. The van der Waals surface area contributed by atoms with Gasteiger partial charge in [0.05, 0.1) is 17.3 Å². The third kappa shape index (κ3) is 2.48. The number of nitrogens with zero attached hydrogens (tertiary/aromatic N) is 2. The van der Waals surface area contributed by atoms with Crippen LogP contribution in [0, 0.1) is 0 Å². The SMILES string of the molecule is CC12c3ccccc3C(C)(c3ccccc31)[C@H]1OC(CC3=N[C@@H]4[C@H](O3)C3(C)c5ccccc5C4(C)c4ccccc43)=N[C@H]12. The molecule has 4 nitrogen and oxygen atoms in total. The molecule has 0 radical (unpaired) electrons. The van der Waals surface area contributed by atoms with E-state index in [4.69, 9.17) is 19.5 Å². The topological polar surface area (TPSA) is 43.2 Å². The summed E-state index contributed by atoms with van der Waals surface area (Å²) in [6.07, 6.45) is 0.347. The number of benzene rings is 4. The van der Waals surface area contributed by atoms with E-state index >= 15 is 0 Å². The van der Waals surface area contributed by atoms with Crippen molar-refractivity contribution in [1.82, 2.24) is 0 Å². The molecule has 0 saturated heterocycles. The molecule has 8 aliphatic rings. The molecule has 0 unspecified atom stereocenters. The van der Waals surface area contributed by atoms with Crippen LogP contribution in [0.15, 0.2) is 107 Å². The number of rotatable bonds is 2. The van der Waals surface area contributed by atoms with Crippen molar-refractivity contribution in [2.45, 2.75) is 80.1 Å². The highest BCUT2D eigenvalue weighted by molar-refractivity contribution is 5.99. The van der Waals surface area contributed by atoms with Crippen LogP contribution in [-0.2, 0) is 31.1 Å². The lowest BCUT2D eigenvalue weighted by Gasteiger charge is -2.57. The zero-order valence-electron chi connectivity index (χ0n) is 25.0. The minimum atomic E-state index is -0.281. The molecule has 4 aromatic rings. The largest absolute Gasteiger partial charge is 0.474 e. The van der Waals surface area contributed by atoms with Gasteiger partial charge in [-0.15, -0.1) is 0 Å². The van der Waals surface area contributed by atoms with Crippen LogP contribution in [0.5, 0.6) is 0 Å². The molecule has 0 spiro atoms. The fourth-order valence-corrected chi connectivity index (χ4v) is 10.3. The Hall–Kier alpha value is -4.18. The molecular weight excluding hydrogens is 528 g/mol. The molecule has 4 heteroatoms. The Morgan fingerprint density at radius 1 is 0.442 bits per heavy atom. The van der Waals surface area contributed by atoms with Crippen molar-refractivity contribution in [3.63, 3.8) is 0 Å². The zero-order chi connectivity index (χ0) is 28.9. The highest BCUT2D eigenvalue weighted by Crippen LogP contribution is 2.63. The van der Waals surface area contributed by atoms with E-state index in [2.05, 4.69) is 125 Å². The summed E-state index contributed by atoms with van der Waals surface area (Å²) >= 11 is 0. The van der Waals surface area contributed by atoms with E-state index < -0.39 is 0 Å². The molecule has 0 saturated carbocycles. The van der Waals surface area contributed by atoms with Crippen LogP contribution in [0.2, 0.25) is 0 Å². The van der Waals surface area contributed by atoms with Gasteiger partial charge in [0.15, 0.2) is 11.8 Å². The third-order valence-electron chi connectivity index (χ3n) is 12.5. The monoisotopic (exact) mass is 562 g/mol. The quantitative estimate of drug-likeness (QED) is 0.264. The first-order valence-electron chi connectivity index (χ1n) is 15.7. The second-order valence-electron chi connectivity index (χ2n) is 14.2. The molecule has 2 aliphatic heterocycles. The lowest BCUT2D eigenvalue weighted by Crippen LogP contribution is -2.62. The van der Waals surface area contributed by atoms with Gasteiger partial charge in [0.2, 0.25) is 0 Å². The number of hydrogen-bond donors (Lipinski definition) is 0. The second-order valence-corrected chi connectivity index (χ2v) is 14.2. The van der Waals surface area contributed by atoms with Gasteiger partial charge in [0.25, 0.3) is 0 Å². The highest BCUT2D eigenvalue weighted by Gasteiger charge is 2.67. The molecule has 212 valence electrons. The summed E-state index contributed by atoms with van der Waals surface area (Å²) < 4.78 is 13.9. The lowest BCUT2D eigenvalue weighted by molar-refractivity contribution is 0.0690. The van der Waals surface area contributed by atoms with Crippen molar-refractivity contribution in [2.24, 2.45) is 9.98 Å². The maximum absolute atomic E-state index is 6.93. The summed E-state index contributed by atoms with van der Waals surface area (Å²) in [6, 6.07) is 35.7. The van der Waals surface area contributed by atoms with Gasteiger partial charge in [-0.05, 0) is 72.2 Å². The van der Waals surface area contributed by atoms with E-state index in [0.717, 1.165) is 11.8 Å². The van der Waals surface area contributed by atoms with E-state index in [1.54, 1.807) is 0 Å². The Balaban J connectivity index is 1.05. The zero-order valence-corrected chi connectivity index (χ0v) is 25.0. The summed E-state index contributed by atoms with van der Waals surface area (Å²) in [5.41, 5.74) is 9.87. The predicted octanol–water partition coefficient (Wildman–Crippen LogP) is 6.99. The Kier molecular flexibility index (Phi) is 4.22. The van der Waals surface area contributed by atoms with E-state index in [-0.39, 0.29) is 46.0 Å². The first kappa shape index (κ1) is 24.3. The summed E-state index contributed by atoms with van der Waals surface area (Å²) in [5.74, 6) is 1.51. The van der Waals surface area contributed by atoms with Crippen LogP contribution in [0.4, 0.5) is 0 Å². The highest BCUT2D eigenvalue weighted by atomic mass is 16.5. The lowest BCUT2D eigenvalue weighted by atomic mass is 9.47. The fraction of sp³-hybridized carbons (Fsp3) is 0.333. The molecule has 4 atom stereocenters. The summed E-state index contributed by atoms with van der Waals surface area (Å²) in [6.45, 7) is 9.43. The van der Waals surface area contributed by atoms with Gasteiger partial charge >= 0.3 is 0 Å². The minimum absolute atomic E-state index is 0.00121. The Morgan fingerprint density at radius 3 is 0.977 bits per heavy atom. The van der Waals surface area contributed by atoms with Crippen LogP contribution in [0.25, 0.3) is 0 Å². The van der Waals surface area contributed by atoms with Crippen LogP contribution in [0.1, 0.15) is 78.6 Å². The van der Waals surface area contributed by atoms with E-state index in [1.807, 2.05) is 0 Å². The molecule has 43 heavy (non-hydrogen) atoms. The van der Waals surface area contributed by atoms with Crippen molar-refractivity contribution < 1.29 is 9.47 Å². The van der Waals surface area contributed by atoms with E-state index in [0.29, 0.717) is 6.42 Å². The number of aliphatic imine (C=N–C) groups is 2. The second kappa shape index (κ2) is 7.48. The average Bonchev–Trinajstić information content (AvgIpc) is 3.69. The molecule has 12 rings (SSSR count).